The standard InChI is InChI=1S/C17H19NO2/c1-13-7-5-6-10-15(13)16(11-17(19)20)18-12-14-8-3-2-4-9-14/h2-10,16,18H,11-12H2,1H3,(H,19,20)/t16-/m0/s1. The number of benzene rings is 2. The van der Waals surface area contributed by atoms with E-state index in [2.05, 4.69) is 5.32 Å². The lowest BCUT2D eigenvalue weighted by Crippen LogP contribution is -2.24. The van der Waals surface area contributed by atoms with E-state index in [0.717, 1.165) is 16.7 Å². The lowest BCUT2D eigenvalue weighted by atomic mass is 9.98. The first-order chi connectivity index (χ1) is 9.66. The zero-order chi connectivity index (χ0) is 14.4. The summed E-state index contributed by atoms with van der Waals surface area (Å²) in [6.07, 6.45) is 0.0810. The van der Waals surface area contributed by atoms with Gasteiger partial charge in [-0.15, -0.1) is 0 Å². The summed E-state index contributed by atoms with van der Waals surface area (Å²) in [5.41, 5.74) is 3.31. The fourth-order valence-electron chi connectivity index (χ4n) is 2.28. The van der Waals surface area contributed by atoms with Crippen LogP contribution < -0.4 is 5.32 Å². The summed E-state index contributed by atoms with van der Waals surface area (Å²) in [5, 5.41) is 12.4. The van der Waals surface area contributed by atoms with E-state index in [0.29, 0.717) is 6.54 Å². The summed E-state index contributed by atoms with van der Waals surface area (Å²) in [6.45, 7) is 2.67. The second kappa shape index (κ2) is 6.87. The quantitative estimate of drug-likeness (QED) is 0.846. The summed E-state index contributed by atoms with van der Waals surface area (Å²) >= 11 is 0. The fourth-order valence-corrected chi connectivity index (χ4v) is 2.28. The number of hydrogen-bond acceptors (Lipinski definition) is 2. The topological polar surface area (TPSA) is 49.3 Å². The summed E-state index contributed by atoms with van der Waals surface area (Å²) in [6, 6.07) is 17.7. The first-order valence-corrected chi connectivity index (χ1v) is 6.71. The zero-order valence-corrected chi connectivity index (χ0v) is 11.5. The van der Waals surface area contributed by atoms with Crippen molar-refractivity contribution < 1.29 is 9.90 Å². The maximum atomic E-state index is 11.1. The number of aliphatic carboxylic acids is 1. The van der Waals surface area contributed by atoms with Crippen molar-refractivity contribution in [3.8, 4) is 0 Å². The normalized spacial score (nSPS) is 12.1. The van der Waals surface area contributed by atoms with Crippen LogP contribution in [-0.2, 0) is 11.3 Å². The molecule has 0 aromatic heterocycles. The van der Waals surface area contributed by atoms with Gasteiger partial charge in [0.05, 0.1) is 6.42 Å². The maximum Gasteiger partial charge on any atom is 0.305 e. The molecule has 0 aliphatic carbocycles. The van der Waals surface area contributed by atoms with Crippen LogP contribution in [0.2, 0.25) is 0 Å². The van der Waals surface area contributed by atoms with Crippen LogP contribution in [0.25, 0.3) is 0 Å². The van der Waals surface area contributed by atoms with E-state index in [1.54, 1.807) is 0 Å². The molecule has 3 heteroatoms. The van der Waals surface area contributed by atoms with E-state index in [-0.39, 0.29) is 12.5 Å². The summed E-state index contributed by atoms with van der Waals surface area (Å²) in [5.74, 6) is -0.793. The highest BCUT2D eigenvalue weighted by molar-refractivity contribution is 5.68. The summed E-state index contributed by atoms with van der Waals surface area (Å²) in [4.78, 5) is 11.1. The fraction of sp³-hybridized carbons (Fsp3) is 0.235. The molecule has 0 radical (unpaired) electrons. The van der Waals surface area contributed by atoms with Gasteiger partial charge < -0.3 is 10.4 Å². The molecule has 104 valence electrons. The lowest BCUT2D eigenvalue weighted by Gasteiger charge is -2.19. The Balaban J connectivity index is 2.12. The number of hydrogen-bond donors (Lipinski definition) is 2. The van der Waals surface area contributed by atoms with Gasteiger partial charge in [0.2, 0.25) is 0 Å². The third kappa shape index (κ3) is 3.93. The second-order valence-electron chi connectivity index (χ2n) is 4.87. The SMILES string of the molecule is Cc1ccccc1[C@H](CC(=O)O)NCc1ccccc1. The van der Waals surface area contributed by atoms with E-state index >= 15 is 0 Å². The minimum Gasteiger partial charge on any atom is -0.481 e. The number of carboxylic acids is 1. The molecule has 0 saturated heterocycles. The summed E-state index contributed by atoms with van der Waals surface area (Å²) < 4.78 is 0. The van der Waals surface area contributed by atoms with Gasteiger partial charge in [-0.1, -0.05) is 54.6 Å². The van der Waals surface area contributed by atoms with Crippen LogP contribution in [0, 0.1) is 6.92 Å². The van der Waals surface area contributed by atoms with E-state index in [1.165, 1.54) is 0 Å². The molecule has 0 spiro atoms. The van der Waals surface area contributed by atoms with E-state index in [9.17, 15) is 4.79 Å². The molecule has 3 nitrogen and oxygen atoms in total. The van der Waals surface area contributed by atoms with E-state index in [4.69, 9.17) is 5.11 Å². The molecule has 0 bridgehead atoms. The first-order valence-electron chi connectivity index (χ1n) is 6.71. The summed E-state index contributed by atoms with van der Waals surface area (Å²) in [7, 11) is 0. The Morgan fingerprint density at radius 1 is 1.10 bits per heavy atom. The smallest absolute Gasteiger partial charge is 0.305 e. The van der Waals surface area contributed by atoms with Crippen molar-refractivity contribution >= 4 is 5.97 Å². The highest BCUT2D eigenvalue weighted by atomic mass is 16.4. The Hall–Kier alpha value is -2.13. The Morgan fingerprint density at radius 2 is 1.75 bits per heavy atom. The van der Waals surface area contributed by atoms with Gasteiger partial charge in [-0.3, -0.25) is 4.79 Å². The molecular formula is C17H19NO2. The van der Waals surface area contributed by atoms with Gasteiger partial charge >= 0.3 is 5.97 Å². The Morgan fingerprint density at radius 3 is 2.40 bits per heavy atom. The molecular weight excluding hydrogens is 250 g/mol. The van der Waals surface area contributed by atoms with Crippen LogP contribution in [0.3, 0.4) is 0 Å². The number of carbonyl (C=O) groups is 1. The van der Waals surface area contributed by atoms with Crippen molar-refractivity contribution in [3.05, 3.63) is 71.3 Å². The van der Waals surface area contributed by atoms with Crippen LogP contribution in [-0.4, -0.2) is 11.1 Å². The number of rotatable bonds is 6. The minimum atomic E-state index is -0.793. The van der Waals surface area contributed by atoms with Crippen LogP contribution in [0.15, 0.2) is 54.6 Å². The molecule has 0 amide bonds. The predicted molar refractivity (Wildman–Crippen MR) is 79.5 cm³/mol. The minimum absolute atomic E-state index is 0.0810. The van der Waals surface area contributed by atoms with Gasteiger partial charge in [-0.05, 0) is 23.6 Å². The average Bonchev–Trinajstić information content (AvgIpc) is 2.45. The highest BCUT2D eigenvalue weighted by Gasteiger charge is 2.16. The van der Waals surface area contributed by atoms with Crippen molar-refractivity contribution in [2.45, 2.75) is 25.9 Å². The van der Waals surface area contributed by atoms with Gasteiger partial charge in [0.25, 0.3) is 0 Å². The predicted octanol–water partition coefficient (Wildman–Crippen LogP) is 3.30. The van der Waals surface area contributed by atoms with Crippen molar-refractivity contribution in [2.75, 3.05) is 0 Å². The third-order valence-corrected chi connectivity index (χ3v) is 3.34. The van der Waals surface area contributed by atoms with Crippen molar-refractivity contribution in [1.82, 2.24) is 5.32 Å². The van der Waals surface area contributed by atoms with Crippen LogP contribution in [0.4, 0.5) is 0 Å². The Labute approximate surface area is 119 Å². The molecule has 0 saturated carbocycles. The molecule has 0 aliphatic heterocycles. The molecule has 2 N–H and O–H groups in total. The monoisotopic (exact) mass is 269 g/mol. The molecule has 0 fully saturated rings. The lowest BCUT2D eigenvalue weighted by molar-refractivity contribution is -0.137. The van der Waals surface area contributed by atoms with Crippen molar-refractivity contribution in [1.29, 1.82) is 0 Å². The van der Waals surface area contributed by atoms with Gasteiger partial charge in [0.15, 0.2) is 0 Å². The first kappa shape index (κ1) is 14.3. The number of aryl methyl sites for hydroxylation is 1. The molecule has 2 aromatic carbocycles. The van der Waals surface area contributed by atoms with Gasteiger partial charge in [-0.2, -0.15) is 0 Å². The van der Waals surface area contributed by atoms with Gasteiger partial charge in [0.1, 0.15) is 0 Å². The molecule has 0 heterocycles. The number of carboxylic acid groups (broad SMARTS) is 1. The average molecular weight is 269 g/mol. The zero-order valence-electron chi connectivity index (χ0n) is 11.5. The molecule has 0 unspecified atom stereocenters. The van der Waals surface area contributed by atoms with Crippen LogP contribution in [0.5, 0.6) is 0 Å². The third-order valence-electron chi connectivity index (χ3n) is 3.34. The van der Waals surface area contributed by atoms with Crippen molar-refractivity contribution in [3.63, 3.8) is 0 Å². The van der Waals surface area contributed by atoms with Crippen molar-refractivity contribution in [2.24, 2.45) is 0 Å². The second-order valence-corrected chi connectivity index (χ2v) is 4.87. The molecule has 2 aromatic rings. The molecule has 2 rings (SSSR count). The maximum absolute atomic E-state index is 11.1. The largest absolute Gasteiger partial charge is 0.481 e. The molecule has 20 heavy (non-hydrogen) atoms. The van der Waals surface area contributed by atoms with E-state index < -0.39 is 5.97 Å². The number of nitrogens with one attached hydrogen (secondary N) is 1. The molecule has 0 aliphatic rings. The van der Waals surface area contributed by atoms with Crippen LogP contribution >= 0.6 is 0 Å². The Kier molecular flexibility index (Phi) is 4.91. The van der Waals surface area contributed by atoms with E-state index in [1.807, 2.05) is 61.5 Å². The Bertz CT molecular complexity index is 566. The van der Waals surface area contributed by atoms with Crippen LogP contribution in [0.1, 0.15) is 29.2 Å². The molecule has 1 atom stereocenters. The van der Waals surface area contributed by atoms with Gasteiger partial charge in [-0.25, -0.2) is 0 Å². The van der Waals surface area contributed by atoms with Gasteiger partial charge in [0, 0.05) is 12.6 Å². The highest BCUT2D eigenvalue weighted by Crippen LogP contribution is 2.21.